The Morgan fingerprint density at radius 3 is 2.67 bits per heavy atom. The van der Waals surface area contributed by atoms with E-state index in [9.17, 15) is 4.79 Å². The van der Waals surface area contributed by atoms with Gasteiger partial charge in [0.05, 0.1) is 6.61 Å². The van der Waals surface area contributed by atoms with Gasteiger partial charge in [-0.3, -0.25) is 4.79 Å². The first-order valence-corrected chi connectivity index (χ1v) is 5.03. The molecule has 0 aliphatic heterocycles. The van der Waals surface area contributed by atoms with Crippen LogP contribution in [0.4, 0.5) is 0 Å². The summed E-state index contributed by atoms with van der Waals surface area (Å²) in [6, 6.07) is 0. The van der Waals surface area contributed by atoms with E-state index in [1.54, 1.807) is 0 Å². The van der Waals surface area contributed by atoms with Crippen molar-refractivity contribution in [1.82, 2.24) is 0 Å². The van der Waals surface area contributed by atoms with Crippen LogP contribution in [0.5, 0.6) is 0 Å². The molecule has 0 aromatic rings. The lowest BCUT2D eigenvalue weighted by atomic mass is 10.2. The number of carbonyl (C=O) groups is 1. The third-order valence-electron chi connectivity index (χ3n) is 1.41. The van der Waals surface area contributed by atoms with E-state index < -0.39 is 0 Å². The zero-order valence-electron chi connectivity index (χ0n) is 7.19. The van der Waals surface area contributed by atoms with Crippen molar-refractivity contribution in [2.75, 3.05) is 12.5 Å². The van der Waals surface area contributed by atoms with Crippen LogP contribution in [0, 0.1) is 0 Å². The van der Waals surface area contributed by atoms with Gasteiger partial charge in [0.25, 0.3) is 0 Å². The molecule has 0 heterocycles. The summed E-state index contributed by atoms with van der Waals surface area (Å²) in [7, 11) is 0. The molecule has 0 fully saturated rings. The highest BCUT2D eigenvalue weighted by atomic mass is 35.5. The molecular formula is C8H14Cl2O2. The summed E-state index contributed by atoms with van der Waals surface area (Å²) in [5, 5.41) is 0.109. The van der Waals surface area contributed by atoms with E-state index in [4.69, 9.17) is 27.9 Å². The maximum absolute atomic E-state index is 10.6. The molecule has 1 unspecified atom stereocenters. The highest BCUT2D eigenvalue weighted by molar-refractivity contribution is 6.26. The predicted molar refractivity (Wildman–Crippen MR) is 50.8 cm³/mol. The molecule has 72 valence electrons. The second kappa shape index (κ2) is 7.69. The minimum atomic E-state index is -0.378. The first-order chi connectivity index (χ1) is 5.70. The zero-order chi connectivity index (χ0) is 9.40. The van der Waals surface area contributed by atoms with Gasteiger partial charge in [0.1, 0.15) is 5.88 Å². The van der Waals surface area contributed by atoms with E-state index in [1.807, 2.05) is 0 Å². The molecule has 2 nitrogen and oxygen atoms in total. The predicted octanol–water partition coefficient (Wildman–Crippen LogP) is 2.57. The summed E-state index contributed by atoms with van der Waals surface area (Å²) < 4.78 is 4.75. The maximum Gasteiger partial charge on any atom is 0.320 e. The van der Waals surface area contributed by atoms with Gasteiger partial charge in [-0.15, -0.1) is 23.2 Å². The van der Waals surface area contributed by atoms with E-state index in [0.717, 1.165) is 12.8 Å². The minimum absolute atomic E-state index is 0.0826. The monoisotopic (exact) mass is 212 g/mol. The Balaban J connectivity index is 3.24. The normalized spacial score (nSPS) is 12.6. The second-order valence-corrected chi connectivity index (χ2v) is 3.41. The number of esters is 1. The molecule has 0 aliphatic rings. The fraction of sp³-hybridized carbons (Fsp3) is 0.875. The van der Waals surface area contributed by atoms with E-state index in [0.29, 0.717) is 13.0 Å². The molecule has 0 aromatic heterocycles. The van der Waals surface area contributed by atoms with Crippen molar-refractivity contribution in [2.45, 2.75) is 31.6 Å². The molecule has 0 amide bonds. The quantitative estimate of drug-likeness (QED) is 0.500. The third kappa shape index (κ3) is 6.74. The minimum Gasteiger partial charge on any atom is -0.465 e. The molecule has 0 saturated heterocycles. The third-order valence-corrected chi connectivity index (χ3v) is 2.06. The Labute approximate surface area is 83.2 Å². The summed E-state index contributed by atoms with van der Waals surface area (Å²) in [5.74, 6) is -0.460. The Hall–Kier alpha value is 0.0500. The highest BCUT2D eigenvalue weighted by Gasteiger charge is 2.04. The smallest absolute Gasteiger partial charge is 0.320 e. The van der Waals surface area contributed by atoms with Crippen LogP contribution in [0.2, 0.25) is 0 Å². The summed E-state index contributed by atoms with van der Waals surface area (Å²) in [6.07, 6.45) is 2.72. The average molecular weight is 213 g/mol. The number of carbonyl (C=O) groups excluding carboxylic acids is 1. The molecule has 0 radical (unpaired) electrons. The summed E-state index contributed by atoms with van der Waals surface area (Å²) in [6.45, 7) is 2.44. The van der Waals surface area contributed by atoms with Gasteiger partial charge in [-0.05, 0) is 12.8 Å². The molecule has 0 saturated carbocycles. The van der Waals surface area contributed by atoms with Crippen LogP contribution in [-0.4, -0.2) is 23.8 Å². The van der Waals surface area contributed by atoms with Gasteiger partial charge < -0.3 is 4.74 Å². The lowest BCUT2D eigenvalue weighted by molar-refractivity contribution is -0.140. The van der Waals surface area contributed by atoms with Crippen LogP contribution in [0.15, 0.2) is 0 Å². The van der Waals surface area contributed by atoms with Crippen LogP contribution in [-0.2, 0) is 9.53 Å². The van der Waals surface area contributed by atoms with Crippen LogP contribution in [0.1, 0.15) is 26.2 Å². The number of alkyl halides is 2. The van der Waals surface area contributed by atoms with Crippen LogP contribution in [0.3, 0.4) is 0 Å². The summed E-state index contributed by atoms with van der Waals surface area (Å²) in [5.41, 5.74) is 0. The Kier molecular flexibility index (Phi) is 7.72. The first-order valence-electron chi connectivity index (χ1n) is 4.06. The summed E-state index contributed by atoms with van der Waals surface area (Å²) in [4.78, 5) is 10.6. The number of hydrogen-bond donors (Lipinski definition) is 0. The molecule has 12 heavy (non-hydrogen) atoms. The van der Waals surface area contributed by atoms with Gasteiger partial charge in [0, 0.05) is 5.38 Å². The number of halogens is 2. The van der Waals surface area contributed by atoms with E-state index >= 15 is 0 Å². The number of rotatable bonds is 6. The molecule has 0 aliphatic carbocycles. The molecule has 4 heteroatoms. The number of hydrogen-bond acceptors (Lipinski definition) is 2. The lowest BCUT2D eigenvalue weighted by Crippen LogP contribution is -2.10. The van der Waals surface area contributed by atoms with Crippen molar-refractivity contribution >= 4 is 29.2 Å². The van der Waals surface area contributed by atoms with Gasteiger partial charge in [0.15, 0.2) is 0 Å². The van der Waals surface area contributed by atoms with Crippen LogP contribution >= 0.6 is 23.2 Å². The second-order valence-electron chi connectivity index (χ2n) is 2.53. The van der Waals surface area contributed by atoms with Crippen molar-refractivity contribution in [3.05, 3.63) is 0 Å². The van der Waals surface area contributed by atoms with E-state index in [-0.39, 0.29) is 17.2 Å². The van der Waals surface area contributed by atoms with Gasteiger partial charge >= 0.3 is 5.97 Å². The molecule has 0 aromatic carbocycles. The fourth-order valence-corrected chi connectivity index (χ4v) is 1.18. The zero-order valence-corrected chi connectivity index (χ0v) is 8.70. The molecule has 1 atom stereocenters. The average Bonchev–Trinajstić information content (AvgIpc) is 2.04. The summed E-state index contributed by atoms with van der Waals surface area (Å²) >= 11 is 11.1. The SMILES string of the molecule is CCCC(Cl)CCOC(=O)CCl. The van der Waals surface area contributed by atoms with Crippen molar-refractivity contribution < 1.29 is 9.53 Å². The lowest BCUT2D eigenvalue weighted by Gasteiger charge is -2.07. The van der Waals surface area contributed by atoms with Gasteiger partial charge in [-0.1, -0.05) is 13.3 Å². The van der Waals surface area contributed by atoms with Crippen LogP contribution in [0.25, 0.3) is 0 Å². The Morgan fingerprint density at radius 1 is 1.50 bits per heavy atom. The van der Waals surface area contributed by atoms with Crippen molar-refractivity contribution in [3.63, 3.8) is 0 Å². The van der Waals surface area contributed by atoms with Gasteiger partial charge in [-0.2, -0.15) is 0 Å². The topological polar surface area (TPSA) is 26.3 Å². The number of ether oxygens (including phenoxy) is 1. The standard InChI is InChI=1S/C8H14Cl2O2/c1-2-3-7(10)4-5-12-8(11)6-9/h7H,2-6H2,1H3. The van der Waals surface area contributed by atoms with E-state index in [2.05, 4.69) is 6.92 Å². The fourth-order valence-electron chi connectivity index (χ4n) is 0.797. The molecule has 0 N–H and O–H groups in total. The molecule has 0 rings (SSSR count). The Bertz CT molecular complexity index is 128. The largest absolute Gasteiger partial charge is 0.465 e. The maximum atomic E-state index is 10.6. The van der Waals surface area contributed by atoms with Crippen molar-refractivity contribution in [2.24, 2.45) is 0 Å². The first kappa shape index (κ1) is 12.0. The van der Waals surface area contributed by atoms with Crippen molar-refractivity contribution in [3.8, 4) is 0 Å². The molecule has 0 bridgehead atoms. The van der Waals surface area contributed by atoms with E-state index in [1.165, 1.54) is 0 Å². The molecular weight excluding hydrogens is 199 g/mol. The van der Waals surface area contributed by atoms with Crippen LogP contribution < -0.4 is 0 Å². The molecule has 0 spiro atoms. The highest BCUT2D eigenvalue weighted by Crippen LogP contribution is 2.09. The van der Waals surface area contributed by atoms with Gasteiger partial charge in [0.2, 0.25) is 0 Å². The van der Waals surface area contributed by atoms with Gasteiger partial charge in [-0.25, -0.2) is 0 Å². The van der Waals surface area contributed by atoms with Crippen molar-refractivity contribution in [1.29, 1.82) is 0 Å². The Morgan fingerprint density at radius 2 is 2.17 bits per heavy atom.